The maximum atomic E-state index is 3.89. The van der Waals surface area contributed by atoms with E-state index in [-0.39, 0.29) is 0 Å². The number of H-pyrrole nitrogens is 1. The highest BCUT2D eigenvalue weighted by molar-refractivity contribution is 5.01. The van der Waals surface area contributed by atoms with Gasteiger partial charge in [0.1, 0.15) is 0 Å². The minimum atomic E-state index is 0.449. The van der Waals surface area contributed by atoms with Gasteiger partial charge in [-0.25, -0.2) is 4.68 Å². The van der Waals surface area contributed by atoms with Gasteiger partial charge in [-0.15, -0.1) is 5.10 Å². The second-order valence-electron chi connectivity index (χ2n) is 1.66. The fraction of sp³-hybridized carbons (Fsp3) is 0. The van der Waals surface area contributed by atoms with Crippen LogP contribution in [0, 0.1) is 0 Å². The van der Waals surface area contributed by atoms with Crippen LogP contribution in [0.2, 0.25) is 0 Å². The molecule has 2 rings (SSSR count). The van der Waals surface area contributed by atoms with Crippen LogP contribution in [0.4, 0.5) is 0 Å². The lowest BCUT2D eigenvalue weighted by atomic mass is 10.7. The molecule has 50 valence electrons. The van der Waals surface area contributed by atoms with Gasteiger partial charge in [-0.2, -0.15) is 10.3 Å². The predicted octanol–water partition coefficient (Wildman–Crippen LogP) is -0.615. The van der Waals surface area contributed by atoms with E-state index < -0.39 is 0 Å². The third-order valence-corrected chi connectivity index (χ3v) is 1.04. The Morgan fingerprint density at radius 1 is 1.50 bits per heavy atom. The summed E-state index contributed by atoms with van der Waals surface area (Å²) in [6, 6.07) is 1.79. The number of tetrazole rings is 1. The number of rotatable bonds is 1. The Kier molecular flexibility index (Phi) is 0.970. The lowest BCUT2D eigenvalue weighted by Crippen LogP contribution is -1.96. The standard InChI is InChI=1S/C4H4N6/c1-2-5-10(3-1)4-6-8-9-7-4/h1-3H,(H,6,7,8,9). The molecular weight excluding hydrogens is 132 g/mol. The highest BCUT2D eigenvalue weighted by Gasteiger charge is 1.97. The molecule has 0 fully saturated rings. The van der Waals surface area contributed by atoms with Crippen LogP contribution < -0.4 is 0 Å². The van der Waals surface area contributed by atoms with Crippen molar-refractivity contribution < 1.29 is 0 Å². The zero-order chi connectivity index (χ0) is 6.81. The second kappa shape index (κ2) is 1.90. The van der Waals surface area contributed by atoms with E-state index in [9.17, 15) is 0 Å². The molecule has 6 heteroatoms. The van der Waals surface area contributed by atoms with Crippen molar-refractivity contribution in [2.24, 2.45) is 0 Å². The summed E-state index contributed by atoms with van der Waals surface area (Å²) in [7, 11) is 0. The van der Waals surface area contributed by atoms with E-state index >= 15 is 0 Å². The van der Waals surface area contributed by atoms with E-state index in [1.807, 2.05) is 0 Å². The summed E-state index contributed by atoms with van der Waals surface area (Å²) in [5.41, 5.74) is 0. The molecule has 6 nitrogen and oxygen atoms in total. The first-order chi connectivity index (χ1) is 4.97. The average molecular weight is 136 g/mol. The molecule has 0 atom stereocenters. The van der Waals surface area contributed by atoms with Crippen LogP contribution in [-0.4, -0.2) is 30.4 Å². The Hall–Kier alpha value is -1.72. The molecule has 0 aromatic carbocycles. The molecule has 0 bridgehead atoms. The van der Waals surface area contributed by atoms with Gasteiger partial charge in [0.15, 0.2) is 0 Å². The van der Waals surface area contributed by atoms with Crippen molar-refractivity contribution in [2.75, 3.05) is 0 Å². The summed E-state index contributed by atoms with van der Waals surface area (Å²) < 4.78 is 1.52. The van der Waals surface area contributed by atoms with E-state index in [0.717, 1.165) is 0 Å². The highest BCUT2D eigenvalue weighted by atomic mass is 15.5. The lowest BCUT2D eigenvalue weighted by Gasteiger charge is -1.86. The smallest absolute Gasteiger partial charge is 0.204 e. The Bertz CT molecular complexity index is 249. The van der Waals surface area contributed by atoms with Gasteiger partial charge in [-0.05, 0) is 11.3 Å². The summed E-state index contributed by atoms with van der Waals surface area (Å²) in [6.45, 7) is 0. The molecule has 10 heavy (non-hydrogen) atoms. The quantitative estimate of drug-likeness (QED) is 0.567. The molecule has 2 heterocycles. The number of nitrogens with one attached hydrogen (secondary N) is 1. The van der Waals surface area contributed by atoms with Gasteiger partial charge < -0.3 is 0 Å². The van der Waals surface area contributed by atoms with Crippen LogP contribution in [0.3, 0.4) is 0 Å². The summed E-state index contributed by atoms with van der Waals surface area (Å²) in [6.07, 6.45) is 3.39. The maximum Gasteiger partial charge on any atom is 0.290 e. The van der Waals surface area contributed by atoms with E-state index in [1.165, 1.54) is 4.68 Å². The largest absolute Gasteiger partial charge is 0.290 e. The molecule has 0 aliphatic rings. The molecule has 0 radical (unpaired) electrons. The van der Waals surface area contributed by atoms with Gasteiger partial charge in [-0.3, -0.25) is 0 Å². The fourth-order valence-electron chi connectivity index (χ4n) is 0.641. The molecule has 0 saturated heterocycles. The van der Waals surface area contributed by atoms with E-state index in [2.05, 4.69) is 25.7 Å². The minimum Gasteiger partial charge on any atom is -0.204 e. The number of hydrogen-bond acceptors (Lipinski definition) is 4. The topological polar surface area (TPSA) is 72.3 Å². The molecule has 2 aromatic rings. The van der Waals surface area contributed by atoms with E-state index in [0.29, 0.717) is 5.95 Å². The fourth-order valence-corrected chi connectivity index (χ4v) is 0.641. The van der Waals surface area contributed by atoms with Gasteiger partial charge in [0, 0.05) is 12.4 Å². The Morgan fingerprint density at radius 3 is 3.10 bits per heavy atom. The first-order valence-electron chi connectivity index (χ1n) is 2.70. The Labute approximate surface area is 55.9 Å². The summed E-state index contributed by atoms with van der Waals surface area (Å²) in [5, 5.41) is 17.0. The highest BCUT2D eigenvalue weighted by Crippen LogP contribution is 1.91. The first-order valence-corrected chi connectivity index (χ1v) is 2.70. The normalized spacial score (nSPS) is 10.0. The predicted molar refractivity (Wildman–Crippen MR) is 31.3 cm³/mol. The molecule has 0 aliphatic carbocycles. The third kappa shape index (κ3) is 0.661. The van der Waals surface area contributed by atoms with Crippen molar-refractivity contribution in [3.8, 4) is 5.95 Å². The summed E-state index contributed by atoms with van der Waals surface area (Å²) in [4.78, 5) is 0. The molecule has 2 aromatic heterocycles. The van der Waals surface area contributed by atoms with Crippen LogP contribution in [-0.2, 0) is 0 Å². The van der Waals surface area contributed by atoms with Gasteiger partial charge >= 0.3 is 0 Å². The van der Waals surface area contributed by atoms with Gasteiger partial charge in [0.2, 0.25) is 0 Å². The van der Waals surface area contributed by atoms with Crippen LogP contribution in [0.25, 0.3) is 5.95 Å². The van der Waals surface area contributed by atoms with Gasteiger partial charge in [0.25, 0.3) is 5.95 Å². The zero-order valence-electron chi connectivity index (χ0n) is 4.97. The molecule has 0 spiro atoms. The summed E-state index contributed by atoms with van der Waals surface area (Å²) >= 11 is 0. The second-order valence-corrected chi connectivity index (χ2v) is 1.66. The van der Waals surface area contributed by atoms with Crippen LogP contribution in [0.15, 0.2) is 18.5 Å². The number of hydrogen-bond donors (Lipinski definition) is 1. The first kappa shape index (κ1) is 5.10. The monoisotopic (exact) mass is 136 g/mol. The van der Waals surface area contributed by atoms with Crippen molar-refractivity contribution in [3.63, 3.8) is 0 Å². The Balaban J connectivity index is 2.48. The third-order valence-electron chi connectivity index (χ3n) is 1.04. The van der Waals surface area contributed by atoms with Gasteiger partial charge in [0.05, 0.1) is 0 Å². The number of aromatic nitrogens is 6. The lowest BCUT2D eigenvalue weighted by molar-refractivity contribution is 0.812. The van der Waals surface area contributed by atoms with Crippen molar-refractivity contribution in [3.05, 3.63) is 18.5 Å². The van der Waals surface area contributed by atoms with Crippen molar-refractivity contribution in [1.29, 1.82) is 0 Å². The molecule has 0 aliphatic heterocycles. The molecular formula is C4H4N6. The molecule has 0 unspecified atom stereocenters. The molecule has 0 saturated carbocycles. The average Bonchev–Trinajstić information content (AvgIpc) is 2.59. The van der Waals surface area contributed by atoms with Crippen LogP contribution in [0.1, 0.15) is 0 Å². The van der Waals surface area contributed by atoms with Crippen LogP contribution >= 0.6 is 0 Å². The molecule has 1 N–H and O–H groups in total. The van der Waals surface area contributed by atoms with E-state index in [1.54, 1.807) is 18.5 Å². The van der Waals surface area contributed by atoms with Crippen molar-refractivity contribution in [1.82, 2.24) is 30.4 Å². The maximum absolute atomic E-state index is 3.89. The number of aromatic amines is 1. The zero-order valence-corrected chi connectivity index (χ0v) is 4.97. The SMILES string of the molecule is c1cnn(-c2nn[nH]n2)c1. The molecule has 0 amide bonds. The van der Waals surface area contributed by atoms with Crippen molar-refractivity contribution >= 4 is 0 Å². The van der Waals surface area contributed by atoms with E-state index in [4.69, 9.17) is 0 Å². The summed E-state index contributed by atoms with van der Waals surface area (Å²) in [5.74, 6) is 0.449. The minimum absolute atomic E-state index is 0.449. The number of nitrogens with zero attached hydrogens (tertiary/aromatic N) is 5. The van der Waals surface area contributed by atoms with Crippen LogP contribution in [0.5, 0.6) is 0 Å². The Morgan fingerprint density at radius 2 is 2.50 bits per heavy atom. The van der Waals surface area contributed by atoms with Gasteiger partial charge in [-0.1, -0.05) is 5.10 Å². The van der Waals surface area contributed by atoms with Crippen molar-refractivity contribution in [2.45, 2.75) is 0 Å².